The largest absolute Gasteiger partial charge is 0.356 e. The van der Waals surface area contributed by atoms with E-state index in [4.69, 9.17) is 4.74 Å². The SMILES string of the molecule is O=C1N2[C@H](CC13CCN(c1ccnc4c(F)cnn14)CC3)OC[C@H]2c1ccccc1. The minimum atomic E-state index is -0.430. The fourth-order valence-electron chi connectivity index (χ4n) is 5.29. The van der Waals surface area contributed by atoms with E-state index in [1.54, 1.807) is 6.20 Å². The smallest absolute Gasteiger partial charge is 0.231 e. The van der Waals surface area contributed by atoms with Crippen LogP contribution in [-0.2, 0) is 9.53 Å². The molecule has 1 amide bonds. The van der Waals surface area contributed by atoms with Gasteiger partial charge in [-0.2, -0.15) is 9.61 Å². The van der Waals surface area contributed by atoms with Gasteiger partial charge in [-0.05, 0) is 24.5 Å². The number of ether oxygens (including phenoxy) is 1. The molecule has 3 aliphatic rings. The molecule has 3 fully saturated rings. The predicted octanol–water partition coefficient (Wildman–Crippen LogP) is 2.78. The predicted molar refractivity (Wildman–Crippen MR) is 107 cm³/mol. The van der Waals surface area contributed by atoms with Crippen LogP contribution in [0, 0.1) is 11.2 Å². The third kappa shape index (κ3) is 2.49. The maximum Gasteiger partial charge on any atom is 0.231 e. The van der Waals surface area contributed by atoms with Crippen LogP contribution in [0.2, 0.25) is 0 Å². The van der Waals surface area contributed by atoms with Crippen LogP contribution in [0.5, 0.6) is 0 Å². The molecule has 3 aromatic rings. The first kappa shape index (κ1) is 17.8. The van der Waals surface area contributed by atoms with Crippen molar-refractivity contribution in [3.8, 4) is 0 Å². The second kappa shape index (κ2) is 6.50. The van der Waals surface area contributed by atoms with Gasteiger partial charge in [0.2, 0.25) is 5.91 Å². The molecule has 0 bridgehead atoms. The third-order valence-electron chi connectivity index (χ3n) is 6.91. The lowest BCUT2D eigenvalue weighted by atomic mass is 9.76. The average Bonchev–Trinajstić information content (AvgIpc) is 3.44. The number of rotatable bonds is 2. The number of halogens is 1. The second-order valence-electron chi connectivity index (χ2n) is 8.43. The Kier molecular flexibility index (Phi) is 3.86. The van der Waals surface area contributed by atoms with Gasteiger partial charge < -0.3 is 14.5 Å². The first-order valence-corrected chi connectivity index (χ1v) is 10.4. The lowest BCUT2D eigenvalue weighted by Crippen LogP contribution is -2.45. The van der Waals surface area contributed by atoms with Crippen LogP contribution < -0.4 is 4.90 Å². The van der Waals surface area contributed by atoms with E-state index in [-0.39, 0.29) is 29.2 Å². The number of nitrogens with zero attached hydrogens (tertiary/aromatic N) is 5. The summed E-state index contributed by atoms with van der Waals surface area (Å²) in [5.41, 5.74) is 0.975. The molecule has 30 heavy (non-hydrogen) atoms. The van der Waals surface area contributed by atoms with E-state index >= 15 is 0 Å². The van der Waals surface area contributed by atoms with Gasteiger partial charge in [0.25, 0.3) is 0 Å². The van der Waals surface area contributed by atoms with E-state index < -0.39 is 5.82 Å². The minimum absolute atomic E-state index is 0.00650. The summed E-state index contributed by atoms with van der Waals surface area (Å²) in [5, 5.41) is 4.13. The Hall–Kier alpha value is -3.00. The van der Waals surface area contributed by atoms with E-state index in [9.17, 15) is 9.18 Å². The van der Waals surface area contributed by atoms with Gasteiger partial charge in [-0.3, -0.25) is 4.79 Å². The second-order valence-corrected chi connectivity index (χ2v) is 8.43. The molecule has 1 spiro atoms. The highest BCUT2D eigenvalue weighted by Crippen LogP contribution is 2.50. The van der Waals surface area contributed by atoms with Crippen molar-refractivity contribution < 1.29 is 13.9 Å². The highest BCUT2D eigenvalue weighted by atomic mass is 19.1. The van der Waals surface area contributed by atoms with Gasteiger partial charge in [0, 0.05) is 25.7 Å². The maximum absolute atomic E-state index is 13.9. The van der Waals surface area contributed by atoms with Gasteiger partial charge in [-0.15, -0.1) is 0 Å². The Labute approximate surface area is 173 Å². The molecule has 0 radical (unpaired) electrons. The van der Waals surface area contributed by atoms with E-state index in [0.29, 0.717) is 19.7 Å². The number of benzene rings is 1. The molecule has 0 aliphatic carbocycles. The fourth-order valence-corrected chi connectivity index (χ4v) is 5.29. The molecule has 6 rings (SSSR count). The summed E-state index contributed by atoms with van der Waals surface area (Å²) in [6.45, 7) is 1.98. The van der Waals surface area contributed by atoms with Crippen LogP contribution in [0.1, 0.15) is 30.9 Å². The highest BCUT2D eigenvalue weighted by molar-refractivity contribution is 5.86. The molecule has 154 valence electrons. The van der Waals surface area contributed by atoms with Crippen molar-refractivity contribution in [3.05, 3.63) is 60.2 Å². The molecule has 8 heteroatoms. The number of piperidine rings is 1. The van der Waals surface area contributed by atoms with Crippen molar-refractivity contribution >= 4 is 17.4 Å². The topological polar surface area (TPSA) is 63.0 Å². The number of amides is 1. The molecule has 1 aromatic carbocycles. The summed E-state index contributed by atoms with van der Waals surface area (Å²) in [7, 11) is 0. The molecular formula is C22H22FN5O2. The van der Waals surface area contributed by atoms with Crippen molar-refractivity contribution in [1.82, 2.24) is 19.5 Å². The van der Waals surface area contributed by atoms with Crippen LogP contribution in [0.3, 0.4) is 0 Å². The summed E-state index contributed by atoms with van der Waals surface area (Å²) in [4.78, 5) is 21.8. The van der Waals surface area contributed by atoms with E-state index in [2.05, 4.69) is 27.1 Å². The Morgan fingerprint density at radius 1 is 1.13 bits per heavy atom. The van der Waals surface area contributed by atoms with Crippen LogP contribution in [0.15, 0.2) is 48.8 Å². The molecule has 5 heterocycles. The quantitative estimate of drug-likeness (QED) is 0.654. The van der Waals surface area contributed by atoms with E-state index in [1.165, 1.54) is 10.7 Å². The zero-order valence-corrected chi connectivity index (χ0v) is 16.4. The van der Waals surface area contributed by atoms with Gasteiger partial charge in [-0.1, -0.05) is 30.3 Å². The minimum Gasteiger partial charge on any atom is -0.356 e. The normalized spacial score (nSPS) is 25.4. The first-order valence-electron chi connectivity index (χ1n) is 10.4. The van der Waals surface area contributed by atoms with Gasteiger partial charge in [0.15, 0.2) is 11.5 Å². The number of anilines is 1. The molecule has 0 unspecified atom stereocenters. The molecular weight excluding hydrogens is 385 g/mol. The number of aromatic nitrogens is 3. The van der Waals surface area contributed by atoms with Crippen LogP contribution in [0.25, 0.3) is 5.65 Å². The zero-order chi connectivity index (χ0) is 20.3. The first-order chi connectivity index (χ1) is 14.7. The zero-order valence-electron chi connectivity index (χ0n) is 16.4. The number of carbonyl (C=O) groups is 1. The molecule has 0 saturated carbocycles. The molecule has 3 aliphatic heterocycles. The Balaban J connectivity index is 1.23. The van der Waals surface area contributed by atoms with Gasteiger partial charge in [0.1, 0.15) is 12.0 Å². The average molecular weight is 407 g/mol. The molecule has 2 atom stereocenters. The molecule has 2 aromatic heterocycles. The van der Waals surface area contributed by atoms with Crippen LogP contribution in [-0.4, -0.2) is 51.3 Å². The third-order valence-corrected chi connectivity index (χ3v) is 6.91. The fraction of sp³-hybridized carbons (Fsp3) is 0.409. The van der Waals surface area contributed by atoms with Crippen LogP contribution in [0.4, 0.5) is 10.2 Å². The Morgan fingerprint density at radius 3 is 2.73 bits per heavy atom. The van der Waals surface area contributed by atoms with Crippen LogP contribution >= 0.6 is 0 Å². The molecule has 0 N–H and O–H groups in total. The van der Waals surface area contributed by atoms with Gasteiger partial charge in [0.05, 0.1) is 24.3 Å². The van der Waals surface area contributed by atoms with E-state index in [0.717, 1.165) is 30.6 Å². The number of hydrogen-bond acceptors (Lipinski definition) is 5. The summed E-state index contributed by atoms with van der Waals surface area (Å²) in [5.74, 6) is 0.590. The molecule has 7 nitrogen and oxygen atoms in total. The number of carbonyl (C=O) groups excluding carboxylic acids is 1. The van der Waals surface area contributed by atoms with Crippen molar-refractivity contribution in [2.24, 2.45) is 5.41 Å². The van der Waals surface area contributed by atoms with Crippen molar-refractivity contribution in [2.45, 2.75) is 31.5 Å². The highest BCUT2D eigenvalue weighted by Gasteiger charge is 2.57. The summed E-state index contributed by atoms with van der Waals surface area (Å²) in [6.07, 6.45) is 4.89. The summed E-state index contributed by atoms with van der Waals surface area (Å²) >= 11 is 0. The van der Waals surface area contributed by atoms with Crippen molar-refractivity contribution in [2.75, 3.05) is 24.6 Å². The number of fused-ring (bicyclic) bond motifs is 2. The van der Waals surface area contributed by atoms with E-state index in [1.807, 2.05) is 29.2 Å². The monoisotopic (exact) mass is 407 g/mol. The number of hydrogen-bond donors (Lipinski definition) is 0. The molecule has 3 saturated heterocycles. The van der Waals surface area contributed by atoms with Crippen molar-refractivity contribution in [1.29, 1.82) is 0 Å². The van der Waals surface area contributed by atoms with Gasteiger partial charge >= 0.3 is 0 Å². The Morgan fingerprint density at radius 2 is 1.93 bits per heavy atom. The summed E-state index contributed by atoms with van der Waals surface area (Å²) < 4.78 is 21.4. The van der Waals surface area contributed by atoms with Crippen molar-refractivity contribution in [3.63, 3.8) is 0 Å². The maximum atomic E-state index is 13.9. The lowest BCUT2D eigenvalue weighted by Gasteiger charge is -2.39. The lowest BCUT2D eigenvalue weighted by molar-refractivity contribution is -0.139. The Bertz CT molecular complexity index is 1110. The summed E-state index contributed by atoms with van der Waals surface area (Å²) in [6, 6.07) is 12.0. The standard InChI is InChI=1S/C22H22FN5O2/c23-16-13-25-28-18(6-9-24-20(16)28)26-10-7-22(8-11-26)12-19-27(21(22)29)17(14-30-19)15-4-2-1-3-5-15/h1-6,9,13,17,19H,7-8,10-12,14H2/t17-,19-/m0/s1. The van der Waals surface area contributed by atoms with Gasteiger partial charge in [-0.25, -0.2) is 9.37 Å².